The van der Waals surface area contributed by atoms with Crippen molar-refractivity contribution in [3.05, 3.63) is 47.5 Å². The van der Waals surface area contributed by atoms with Crippen molar-refractivity contribution in [1.82, 2.24) is 4.57 Å². The lowest BCUT2D eigenvalue weighted by Crippen LogP contribution is -2.18. The van der Waals surface area contributed by atoms with E-state index in [1.165, 1.54) is 6.92 Å². The maximum absolute atomic E-state index is 13.2. The molecule has 3 rings (SSSR count). The summed E-state index contributed by atoms with van der Waals surface area (Å²) in [5.41, 5.74) is 3.36. The van der Waals surface area contributed by atoms with Gasteiger partial charge < -0.3 is 9.40 Å². The number of aryl methyl sites for hydroxylation is 1. The Balaban J connectivity index is 2.17. The quantitative estimate of drug-likeness (QED) is 0.194. The van der Waals surface area contributed by atoms with E-state index >= 15 is 0 Å². The Labute approximate surface area is 188 Å². The van der Waals surface area contributed by atoms with Crippen LogP contribution in [0.5, 0.6) is 0 Å². The molecular weight excluding hydrogens is 404 g/mol. The Morgan fingerprint density at radius 3 is 2.00 bits per heavy atom. The minimum atomic E-state index is -0.567. The van der Waals surface area contributed by atoms with Crippen LogP contribution < -0.4 is 0 Å². The number of oxime groups is 1. The second kappa shape index (κ2) is 9.47. The zero-order chi connectivity index (χ0) is 23.6. The molecule has 0 aliphatic heterocycles. The average Bonchev–Trinajstić information content (AvgIpc) is 3.07. The molecule has 0 atom stereocenters. The van der Waals surface area contributed by atoms with Gasteiger partial charge in [0.2, 0.25) is 5.78 Å². The van der Waals surface area contributed by atoms with Crippen LogP contribution in [0.1, 0.15) is 68.7 Å². The van der Waals surface area contributed by atoms with Gasteiger partial charge in [0.15, 0.2) is 5.78 Å². The highest BCUT2D eigenvalue weighted by atomic mass is 16.7. The lowest BCUT2D eigenvalue weighted by Gasteiger charge is -2.08. The van der Waals surface area contributed by atoms with Crippen LogP contribution in [0.2, 0.25) is 0 Å². The third kappa shape index (κ3) is 4.64. The maximum Gasteiger partial charge on any atom is 0.331 e. The first-order valence-electron chi connectivity index (χ1n) is 11.0. The van der Waals surface area contributed by atoms with E-state index < -0.39 is 5.97 Å². The van der Waals surface area contributed by atoms with Crippen molar-refractivity contribution in [2.45, 2.75) is 54.5 Å². The summed E-state index contributed by atoms with van der Waals surface area (Å²) in [7, 11) is 0. The Bertz CT molecular complexity index is 1230. The molecule has 6 nitrogen and oxygen atoms in total. The first-order chi connectivity index (χ1) is 15.1. The van der Waals surface area contributed by atoms with Crippen LogP contribution >= 0.6 is 0 Å². The fraction of sp³-hybridized carbons (Fsp3) is 0.385. The predicted octanol–water partition coefficient (Wildman–Crippen LogP) is 5.80. The molecule has 3 aromatic rings. The number of aromatic nitrogens is 1. The number of hydrogen-bond donors (Lipinski definition) is 0. The van der Waals surface area contributed by atoms with Crippen molar-refractivity contribution in [2.24, 2.45) is 17.0 Å². The molecule has 0 aliphatic rings. The van der Waals surface area contributed by atoms with Crippen molar-refractivity contribution >= 4 is 45.1 Å². The number of carbonyl (C=O) groups excluding carboxylic acids is 3. The van der Waals surface area contributed by atoms with E-state index in [0.717, 1.165) is 28.4 Å². The number of rotatable bonds is 8. The highest BCUT2D eigenvalue weighted by Crippen LogP contribution is 2.31. The van der Waals surface area contributed by atoms with Gasteiger partial charge in [-0.05, 0) is 55.7 Å². The molecule has 0 unspecified atom stereocenters. The van der Waals surface area contributed by atoms with Gasteiger partial charge in [-0.3, -0.25) is 9.59 Å². The number of carbonyl (C=O) groups is 3. The van der Waals surface area contributed by atoms with Crippen LogP contribution in [-0.4, -0.2) is 27.8 Å². The highest BCUT2D eigenvalue weighted by Gasteiger charge is 2.20. The van der Waals surface area contributed by atoms with Crippen LogP contribution in [0, 0.1) is 11.8 Å². The van der Waals surface area contributed by atoms with Crippen LogP contribution in [0.4, 0.5) is 0 Å². The van der Waals surface area contributed by atoms with Crippen LogP contribution in [0.3, 0.4) is 0 Å². The number of Topliss-reactive ketones (excluding diaryl/α,β-unsaturated/α-hetero) is 2. The minimum absolute atomic E-state index is 0.0873. The summed E-state index contributed by atoms with van der Waals surface area (Å²) in [6.07, 6.45) is 0.397. The van der Waals surface area contributed by atoms with Crippen molar-refractivity contribution in [1.29, 1.82) is 0 Å². The van der Waals surface area contributed by atoms with Gasteiger partial charge in [-0.25, -0.2) is 4.79 Å². The monoisotopic (exact) mass is 434 g/mol. The van der Waals surface area contributed by atoms with Crippen molar-refractivity contribution in [3.8, 4) is 0 Å². The van der Waals surface area contributed by atoms with Gasteiger partial charge >= 0.3 is 5.97 Å². The molecule has 32 heavy (non-hydrogen) atoms. The van der Waals surface area contributed by atoms with E-state index in [2.05, 4.69) is 16.6 Å². The molecule has 2 aromatic carbocycles. The highest BCUT2D eigenvalue weighted by molar-refractivity contribution is 6.46. The standard InChI is InChI=1S/C26H30N2O4/c1-7-28-23-10-8-18(25(30)16(4)5)13-20(23)21-14-19(9-11-24(21)28)26(31)22(12-15(2)3)27-32-17(6)29/h8-11,13-16H,7,12H2,1-6H3/b27-22-. The summed E-state index contributed by atoms with van der Waals surface area (Å²) in [5, 5.41) is 5.67. The van der Waals surface area contributed by atoms with Crippen LogP contribution in [0.15, 0.2) is 41.6 Å². The first-order valence-corrected chi connectivity index (χ1v) is 11.0. The topological polar surface area (TPSA) is 77.7 Å². The Morgan fingerprint density at radius 2 is 1.50 bits per heavy atom. The van der Waals surface area contributed by atoms with E-state index in [9.17, 15) is 14.4 Å². The summed E-state index contributed by atoms with van der Waals surface area (Å²) in [5.74, 6) is -0.676. The normalized spacial score (nSPS) is 12.2. The molecule has 0 saturated carbocycles. The third-order valence-electron chi connectivity index (χ3n) is 5.40. The fourth-order valence-corrected chi connectivity index (χ4v) is 3.92. The predicted molar refractivity (Wildman–Crippen MR) is 127 cm³/mol. The Hall–Kier alpha value is -3.28. The Kier molecular flexibility index (Phi) is 6.92. The van der Waals surface area contributed by atoms with Crippen molar-refractivity contribution < 1.29 is 19.2 Å². The summed E-state index contributed by atoms with van der Waals surface area (Å²) in [6, 6.07) is 11.3. The molecule has 0 N–H and O–H groups in total. The Morgan fingerprint density at radius 1 is 0.938 bits per heavy atom. The molecule has 1 heterocycles. The molecule has 0 saturated heterocycles. The van der Waals surface area contributed by atoms with Gasteiger partial charge in [-0.15, -0.1) is 0 Å². The number of fused-ring (bicyclic) bond motifs is 3. The summed E-state index contributed by atoms with van der Waals surface area (Å²) < 4.78 is 2.17. The van der Waals surface area contributed by atoms with Gasteiger partial charge in [-0.2, -0.15) is 0 Å². The molecule has 168 valence electrons. The molecule has 0 amide bonds. The zero-order valence-corrected chi connectivity index (χ0v) is 19.6. The minimum Gasteiger partial charge on any atom is -0.341 e. The van der Waals surface area contributed by atoms with E-state index in [1.54, 1.807) is 6.07 Å². The van der Waals surface area contributed by atoms with Crippen molar-refractivity contribution in [2.75, 3.05) is 0 Å². The smallest absolute Gasteiger partial charge is 0.331 e. The summed E-state index contributed by atoms with van der Waals surface area (Å²) >= 11 is 0. The van der Waals surface area contributed by atoms with Gasteiger partial charge in [0.1, 0.15) is 5.71 Å². The van der Waals surface area contributed by atoms with Gasteiger partial charge in [0, 0.05) is 52.3 Å². The molecule has 0 spiro atoms. The maximum atomic E-state index is 13.2. The van der Waals surface area contributed by atoms with Gasteiger partial charge in [0.25, 0.3) is 0 Å². The summed E-state index contributed by atoms with van der Waals surface area (Å²) in [4.78, 5) is 41.8. The second-order valence-electron chi connectivity index (χ2n) is 8.78. The second-order valence-corrected chi connectivity index (χ2v) is 8.78. The van der Waals surface area contributed by atoms with E-state index in [0.29, 0.717) is 17.5 Å². The average molecular weight is 435 g/mol. The molecule has 1 aromatic heterocycles. The lowest BCUT2D eigenvalue weighted by molar-refractivity contribution is -0.140. The number of ketones is 2. The number of nitrogens with zero attached hydrogens (tertiary/aromatic N) is 2. The SMILES string of the molecule is CCn1c2ccc(C(=O)/C(CC(C)C)=N\OC(C)=O)cc2c2cc(C(=O)C(C)C)ccc21. The molecule has 6 heteroatoms. The van der Waals surface area contributed by atoms with Gasteiger partial charge in [0.05, 0.1) is 0 Å². The fourth-order valence-electron chi connectivity index (χ4n) is 3.92. The van der Waals surface area contributed by atoms with E-state index in [-0.39, 0.29) is 29.1 Å². The lowest BCUT2D eigenvalue weighted by atomic mass is 9.97. The zero-order valence-electron chi connectivity index (χ0n) is 19.6. The third-order valence-corrected chi connectivity index (χ3v) is 5.40. The van der Waals surface area contributed by atoms with Crippen LogP contribution in [0.25, 0.3) is 21.8 Å². The van der Waals surface area contributed by atoms with E-state index in [1.807, 2.05) is 58.0 Å². The molecule has 0 aliphatic carbocycles. The number of hydrogen-bond acceptors (Lipinski definition) is 5. The largest absolute Gasteiger partial charge is 0.341 e. The molecule has 0 radical (unpaired) electrons. The molecule has 0 bridgehead atoms. The summed E-state index contributed by atoms with van der Waals surface area (Å²) in [6.45, 7) is 11.8. The van der Waals surface area contributed by atoms with E-state index in [4.69, 9.17) is 4.84 Å². The van der Waals surface area contributed by atoms with Crippen molar-refractivity contribution in [3.63, 3.8) is 0 Å². The number of benzene rings is 2. The molecule has 0 fully saturated rings. The molecular formula is C26H30N2O4. The first kappa shape index (κ1) is 23.4. The van der Waals surface area contributed by atoms with Gasteiger partial charge in [-0.1, -0.05) is 32.9 Å². The van der Waals surface area contributed by atoms with Crippen LogP contribution in [-0.2, 0) is 16.2 Å².